The van der Waals surface area contributed by atoms with E-state index in [1.807, 2.05) is 0 Å². The maximum absolute atomic E-state index is 12.8. The van der Waals surface area contributed by atoms with E-state index >= 15 is 0 Å². The zero-order valence-electron chi connectivity index (χ0n) is 12.7. The third kappa shape index (κ3) is 3.71. The maximum atomic E-state index is 12.8. The average molecular weight is 309 g/mol. The van der Waals surface area contributed by atoms with Crippen molar-refractivity contribution in [1.29, 1.82) is 0 Å². The van der Waals surface area contributed by atoms with E-state index in [1.165, 1.54) is 6.07 Å². The summed E-state index contributed by atoms with van der Waals surface area (Å²) < 4.78 is 27.2. The lowest BCUT2D eigenvalue weighted by atomic mass is 10.1. The van der Waals surface area contributed by atoms with Crippen LogP contribution in [0, 0.1) is 0 Å². The number of rotatable bonds is 8. The molecule has 0 radical (unpaired) electrons. The van der Waals surface area contributed by atoms with Gasteiger partial charge in [-0.15, -0.1) is 0 Å². The van der Waals surface area contributed by atoms with E-state index in [4.69, 9.17) is 0 Å². The molecule has 4 nitrogen and oxygen atoms in total. The zero-order valence-corrected chi connectivity index (χ0v) is 13.5. The molecule has 0 unspecified atom stereocenters. The number of hydrogen-bond donors (Lipinski definition) is 0. The standard InChI is InChI=1S/C16H23NO3S/c1-3-5-11-17(14-9-10-14)21(19,20)15-8-6-7-13(12-15)16(18)4-2/h6-8,12,14H,3-5,9-11H2,1-2H3. The number of Topliss-reactive ketones (excluding diaryl/α,β-unsaturated/α-hetero) is 1. The van der Waals surface area contributed by atoms with Gasteiger partial charge in [0.15, 0.2) is 5.78 Å². The van der Waals surface area contributed by atoms with Gasteiger partial charge in [0, 0.05) is 24.6 Å². The molecular formula is C16H23NO3S. The van der Waals surface area contributed by atoms with E-state index in [1.54, 1.807) is 29.4 Å². The van der Waals surface area contributed by atoms with Crippen molar-refractivity contribution in [2.45, 2.75) is 56.9 Å². The lowest BCUT2D eigenvalue weighted by molar-refractivity contribution is 0.0988. The van der Waals surface area contributed by atoms with Crippen molar-refractivity contribution in [1.82, 2.24) is 4.31 Å². The third-order valence-electron chi connectivity index (χ3n) is 3.77. The maximum Gasteiger partial charge on any atom is 0.243 e. The van der Waals surface area contributed by atoms with Crippen LogP contribution in [0.1, 0.15) is 56.3 Å². The molecule has 0 amide bonds. The first-order valence-electron chi connectivity index (χ1n) is 7.65. The Kier molecular flexibility index (Phi) is 5.17. The van der Waals surface area contributed by atoms with Crippen LogP contribution in [0.4, 0.5) is 0 Å². The largest absolute Gasteiger partial charge is 0.294 e. The molecule has 0 aliphatic heterocycles. The van der Waals surface area contributed by atoms with Gasteiger partial charge in [-0.05, 0) is 31.4 Å². The Morgan fingerprint density at radius 2 is 2.00 bits per heavy atom. The Balaban J connectivity index is 2.31. The van der Waals surface area contributed by atoms with E-state index in [-0.39, 0.29) is 16.7 Å². The Hall–Kier alpha value is -1.20. The summed E-state index contributed by atoms with van der Waals surface area (Å²) in [5, 5.41) is 0. The molecule has 1 saturated carbocycles. The highest BCUT2D eigenvalue weighted by molar-refractivity contribution is 7.89. The zero-order chi connectivity index (χ0) is 15.5. The van der Waals surface area contributed by atoms with Gasteiger partial charge in [-0.3, -0.25) is 4.79 Å². The van der Waals surface area contributed by atoms with Crippen LogP contribution in [0.25, 0.3) is 0 Å². The SMILES string of the molecule is CCCCN(C1CC1)S(=O)(=O)c1cccc(C(=O)CC)c1. The molecule has 1 aromatic carbocycles. The summed E-state index contributed by atoms with van der Waals surface area (Å²) in [5.74, 6) is -0.0291. The van der Waals surface area contributed by atoms with E-state index < -0.39 is 10.0 Å². The van der Waals surface area contributed by atoms with Crippen molar-refractivity contribution in [2.24, 2.45) is 0 Å². The Morgan fingerprint density at radius 3 is 2.57 bits per heavy atom. The number of carbonyl (C=O) groups excluding carboxylic acids is 1. The fourth-order valence-electron chi connectivity index (χ4n) is 2.34. The number of carbonyl (C=O) groups is 1. The molecule has 1 aliphatic carbocycles. The van der Waals surface area contributed by atoms with Crippen LogP contribution in [-0.4, -0.2) is 31.1 Å². The van der Waals surface area contributed by atoms with E-state index in [2.05, 4.69) is 6.92 Å². The molecule has 116 valence electrons. The minimum Gasteiger partial charge on any atom is -0.294 e. The van der Waals surface area contributed by atoms with Crippen LogP contribution in [0.5, 0.6) is 0 Å². The van der Waals surface area contributed by atoms with Crippen LogP contribution in [0.15, 0.2) is 29.2 Å². The molecule has 0 aromatic heterocycles. The first kappa shape index (κ1) is 16.2. The summed E-state index contributed by atoms with van der Waals surface area (Å²) in [7, 11) is -3.49. The quantitative estimate of drug-likeness (QED) is 0.693. The molecule has 1 aliphatic rings. The summed E-state index contributed by atoms with van der Waals surface area (Å²) in [6, 6.07) is 6.58. The number of hydrogen-bond acceptors (Lipinski definition) is 3. The molecular weight excluding hydrogens is 286 g/mol. The van der Waals surface area contributed by atoms with E-state index in [0.29, 0.717) is 18.5 Å². The van der Waals surface area contributed by atoms with Crippen LogP contribution < -0.4 is 0 Å². The van der Waals surface area contributed by atoms with Gasteiger partial charge in [-0.2, -0.15) is 4.31 Å². The van der Waals surface area contributed by atoms with Crippen LogP contribution in [0.3, 0.4) is 0 Å². The van der Waals surface area contributed by atoms with Crippen LogP contribution in [-0.2, 0) is 10.0 Å². The van der Waals surface area contributed by atoms with Gasteiger partial charge in [-0.1, -0.05) is 32.4 Å². The minimum atomic E-state index is -3.49. The summed E-state index contributed by atoms with van der Waals surface area (Å²) >= 11 is 0. The monoisotopic (exact) mass is 309 g/mol. The second-order valence-electron chi connectivity index (χ2n) is 5.51. The first-order chi connectivity index (χ1) is 10.0. The summed E-state index contributed by atoms with van der Waals surface area (Å²) in [4.78, 5) is 12.0. The Labute approximate surface area is 127 Å². The minimum absolute atomic E-state index is 0.0291. The van der Waals surface area contributed by atoms with Gasteiger partial charge in [0.25, 0.3) is 0 Å². The van der Waals surface area contributed by atoms with Gasteiger partial charge in [-0.25, -0.2) is 8.42 Å². The molecule has 5 heteroatoms. The molecule has 0 bridgehead atoms. The number of sulfonamides is 1. The summed E-state index contributed by atoms with van der Waals surface area (Å²) in [6.07, 6.45) is 4.09. The van der Waals surface area contributed by atoms with Crippen molar-refractivity contribution in [3.63, 3.8) is 0 Å². The highest BCUT2D eigenvalue weighted by Crippen LogP contribution is 2.32. The molecule has 0 atom stereocenters. The van der Waals surface area contributed by atoms with Crippen molar-refractivity contribution in [2.75, 3.05) is 6.54 Å². The van der Waals surface area contributed by atoms with Crippen molar-refractivity contribution in [3.05, 3.63) is 29.8 Å². The van der Waals surface area contributed by atoms with Gasteiger partial charge in [0.2, 0.25) is 10.0 Å². The molecule has 2 rings (SSSR count). The predicted molar refractivity (Wildman–Crippen MR) is 82.9 cm³/mol. The van der Waals surface area contributed by atoms with Gasteiger partial charge in [0.05, 0.1) is 4.90 Å². The number of unbranched alkanes of at least 4 members (excludes halogenated alkanes) is 1. The van der Waals surface area contributed by atoms with E-state index in [9.17, 15) is 13.2 Å². The normalized spacial score (nSPS) is 15.4. The molecule has 1 aromatic rings. The Bertz CT molecular complexity index is 606. The van der Waals surface area contributed by atoms with Crippen LogP contribution in [0.2, 0.25) is 0 Å². The van der Waals surface area contributed by atoms with Gasteiger partial charge >= 0.3 is 0 Å². The summed E-state index contributed by atoms with van der Waals surface area (Å²) in [6.45, 7) is 4.40. The molecule has 0 saturated heterocycles. The molecule has 0 heterocycles. The molecule has 21 heavy (non-hydrogen) atoms. The van der Waals surface area contributed by atoms with Gasteiger partial charge < -0.3 is 0 Å². The highest BCUT2D eigenvalue weighted by atomic mass is 32.2. The van der Waals surface area contributed by atoms with Crippen molar-refractivity contribution < 1.29 is 13.2 Å². The second-order valence-corrected chi connectivity index (χ2v) is 7.40. The average Bonchev–Trinajstić information content (AvgIpc) is 3.31. The molecule has 0 spiro atoms. The number of benzene rings is 1. The van der Waals surface area contributed by atoms with Crippen LogP contribution >= 0.6 is 0 Å². The fraction of sp³-hybridized carbons (Fsp3) is 0.562. The number of nitrogens with zero attached hydrogens (tertiary/aromatic N) is 1. The van der Waals surface area contributed by atoms with Crippen molar-refractivity contribution >= 4 is 15.8 Å². The molecule has 0 N–H and O–H groups in total. The Morgan fingerprint density at radius 1 is 1.29 bits per heavy atom. The third-order valence-corrected chi connectivity index (χ3v) is 5.72. The lowest BCUT2D eigenvalue weighted by Gasteiger charge is -2.22. The highest BCUT2D eigenvalue weighted by Gasteiger charge is 2.37. The summed E-state index contributed by atoms with van der Waals surface area (Å²) in [5.41, 5.74) is 0.477. The topological polar surface area (TPSA) is 54.5 Å². The van der Waals surface area contributed by atoms with E-state index in [0.717, 1.165) is 25.7 Å². The predicted octanol–water partition coefficient (Wildman–Crippen LogP) is 3.23. The fourth-order valence-corrected chi connectivity index (χ4v) is 4.11. The van der Waals surface area contributed by atoms with Crippen molar-refractivity contribution in [3.8, 4) is 0 Å². The lowest BCUT2D eigenvalue weighted by Crippen LogP contribution is -2.34. The number of ketones is 1. The second kappa shape index (κ2) is 6.71. The molecule has 1 fully saturated rings. The first-order valence-corrected chi connectivity index (χ1v) is 9.09. The smallest absolute Gasteiger partial charge is 0.243 e. The van der Waals surface area contributed by atoms with Gasteiger partial charge in [0.1, 0.15) is 0 Å².